The van der Waals surface area contributed by atoms with Crippen LogP contribution in [0, 0.1) is 11.7 Å². The molecule has 3 aromatic rings. The summed E-state index contributed by atoms with van der Waals surface area (Å²) in [6.45, 7) is 10.9. The van der Waals surface area contributed by atoms with Gasteiger partial charge in [0.15, 0.2) is 12.1 Å². The highest BCUT2D eigenvalue weighted by molar-refractivity contribution is 6.33. The average Bonchev–Trinajstić information content (AvgIpc) is 3.36. The fourth-order valence-corrected chi connectivity index (χ4v) is 5.33. The molecular weight excluding hydrogens is 489 g/mol. The molecule has 2 aromatic heterocycles. The maximum atomic E-state index is 15.3. The molecular formula is C25H31ClFN5O4. The lowest BCUT2D eigenvalue weighted by atomic mass is 9.90. The molecule has 2 saturated heterocycles. The Kier molecular flexibility index (Phi) is 6.24. The first-order valence-corrected chi connectivity index (χ1v) is 12.5. The summed E-state index contributed by atoms with van der Waals surface area (Å²) in [6.07, 6.45) is -0.495. The summed E-state index contributed by atoms with van der Waals surface area (Å²) in [4.78, 5) is 13.3. The van der Waals surface area contributed by atoms with Crippen LogP contribution >= 0.6 is 11.6 Å². The molecule has 0 radical (unpaired) electrons. The van der Waals surface area contributed by atoms with Gasteiger partial charge < -0.3 is 29.6 Å². The number of halogens is 2. The van der Waals surface area contributed by atoms with Gasteiger partial charge in [-0.3, -0.25) is 0 Å². The van der Waals surface area contributed by atoms with Gasteiger partial charge in [-0.2, -0.15) is 0 Å². The quantitative estimate of drug-likeness (QED) is 0.463. The lowest BCUT2D eigenvalue weighted by Crippen LogP contribution is -2.54. The van der Waals surface area contributed by atoms with E-state index in [1.165, 1.54) is 12.3 Å². The summed E-state index contributed by atoms with van der Waals surface area (Å²) < 4.78 is 28.7. The number of benzene rings is 1. The number of nitrogens with one attached hydrogen (secondary N) is 1. The van der Waals surface area contributed by atoms with Gasteiger partial charge in [0, 0.05) is 17.5 Å². The highest BCUT2D eigenvalue weighted by Gasteiger charge is 2.51. The van der Waals surface area contributed by atoms with E-state index in [9.17, 15) is 10.2 Å². The first-order valence-electron chi connectivity index (χ1n) is 12.1. The predicted molar refractivity (Wildman–Crippen MR) is 133 cm³/mol. The van der Waals surface area contributed by atoms with Gasteiger partial charge in [0.05, 0.1) is 34.6 Å². The minimum absolute atomic E-state index is 0.0827. The van der Waals surface area contributed by atoms with E-state index in [0.717, 1.165) is 0 Å². The second-order valence-corrected chi connectivity index (χ2v) is 10.9. The molecule has 5 rings (SSSR count). The molecule has 2 aliphatic rings. The Morgan fingerprint density at radius 3 is 2.58 bits per heavy atom. The highest BCUT2D eigenvalue weighted by atomic mass is 35.5. The van der Waals surface area contributed by atoms with E-state index < -0.39 is 36.0 Å². The molecule has 2 bridgehead atoms. The maximum Gasteiger partial charge on any atom is 0.223 e. The largest absolute Gasteiger partial charge is 0.388 e. The SMILES string of the molecule is CC(C)n1c(C(C)(C)O)nc2c(F)cc(-c3nc(NC4[C@@H](C)[C@@H]5O[C@@H]([C@@H](C)O5)[C@H]4O)ncc3Cl)cc21. The van der Waals surface area contributed by atoms with Crippen LogP contribution in [-0.2, 0) is 15.1 Å². The fraction of sp³-hybridized carbons (Fsp3) is 0.560. The van der Waals surface area contributed by atoms with E-state index in [4.69, 9.17) is 21.1 Å². The highest BCUT2D eigenvalue weighted by Crippen LogP contribution is 2.38. The van der Waals surface area contributed by atoms with Crippen molar-refractivity contribution in [3.8, 4) is 11.3 Å². The molecule has 0 amide bonds. The molecule has 194 valence electrons. The molecule has 0 saturated carbocycles. The topological polar surface area (TPSA) is 115 Å². The van der Waals surface area contributed by atoms with Crippen LogP contribution in [-0.4, -0.2) is 60.4 Å². The third-order valence-electron chi connectivity index (χ3n) is 6.93. The number of anilines is 1. The Morgan fingerprint density at radius 1 is 1.19 bits per heavy atom. The molecule has 4 heterocycles. The lowest BCUT2D eigenvalue weighted by molar-refractivity contribution is -0.155. The number of nitrogens with zero attached hydrogens (tertiary/aromatic N) is 4. The predicted octanol–water partition coefficient (Wildman–Crippen LogP) is 4.02. The zero-order chi connectivity index (χ0) is 26.1. The second-order valence-electron chi connectivity index (χ2n) is 10.5. The van der Waals surface area contributed by atoms with Crippen LogP contribution in [0.2, 0.25) is 5.02 Å². The van der Waals surface area contributed by atoms with Crippen molar-refractivity contribution in [2.75, 3.05) is 5.32 Å². The van der Waals surface area contributed by atoms with Crippen molar-refractivity contribution < 1.29 is 24.1 Å². The van der Waals surface area contributed by atoms with Gasteiger partial charge >= 0.3 is 0 Å². The zero-order valence-corrected chi connectivity index (χ0v) is 21.8. The number of hydrogen-bond acceptors (Lipinski definition) is 8. The monoisotopic (exact) mass is 519 g/mol. The number of aliphatic hydroxyl groups excluding tert-OH is 1. The van der Waals surface area contributed by atoms with Gasteiger partial charge in [-0.15, -0.1) is 0 Å². The molecule has 11 heteroatoms. The van der Waals surface area contributed by atoms with E-state index in [0.29, 0.717) is 22.6 Å². The van der Waals surface area contributed by atoms with Crippen LogP contribution < -0.4 is 5.32 Å². The Labute approximate surface area is 213 Å². The van der Waals surface area contributed by atoms with E-state index in [2.05, 4.69) is 20.3 Å². The van der Waals surface area contributed by atoms with E-state index in [1.807, 2.05) is 32.3 Å². The van der Waals surface area contributed by atoms with Gasteiger partial charge in [0.25, 0.3) is 0 Å². The number of rotatable bonds is 5. The molecule has 2 fully saturated rings. The van der Waals surface area contributed by atoms with E-state index in [-0.39, 0.29) is 34.6 Å². The Hall–Kier alpha value is -2.37. The van der Waals surface area contributed by atoms with Crippen molar-refractivity contribution in [3.63, 3.8) is 0 Å². The standard InChI is InChI=1S/C25H31ClFN5O4/c1-10(2)32-16-8-13(7-15(27)19(16)29-23(32)25(5,6)34)18-14(26)9-28-24(31-18)30-17-11(3)22-35-12(4)21(36-22)20(17)33/h7-12,17,20-22,33-34H,1-6H3,(H,28,30,31)/t11-,12-,17?,20+,21+,22+/m1/s1. The molecule has 9 nitrogen and oxygen atoms in total. The summed E-state index contributed by atoms with van der Waals surface area (Å²) in [5.41, 5.74) is 0.200. The van der Waals surface area contributed by atoms with Crippen molar-refractivity contribution >= 4 is 28.6 Å². The fourth-order valence-electron chi connectivity index (χ4n) is 5.13. The van der Waals surface area contributed by atoms with E-state index >= 15 is 4.39 Å². The van der Waals surface area contributed by atoms with Crippen LogP contribution in [0.25, 0.3) is 22.3 Å². The van der Waals surface area contributed by atoms with Crippen molar-refractivity contribution in [3.05, 3.63) is 35.0 Å². The first kappa shape index (κ1) is 25.3. The lowest BCUT2D eigenvalue weighted by Gasteiger charge is -2.37. The van der Waals surface area contributed by atoms with Gasteiger partial charge in [-0.25, -0.2) is 19.3 Å². The number of ether oxygens (including phenoxy) is 2. The van der Waals surface area contributed by atoms with Gasteiger partial charge in [0.2, 0.25) is 5.95 Å². The minimum atomic E-state index is -1.26. The van der Waals surface area contributed by atoms with Crippen LogP contribution in [0.4, 0.5) is 10.3 Å². The summed E-state index contributed by atoms with van der Waals surface area (Å²) in [5.74, 6) is -0.103. The smallest absolute Gasteiger partial charge is 0.223 e. The van der Waals surface area contributed by atoms with Crippen LogP contribution in [0.3, 0.4) is 0 Å². The van der Waals surface area contributed by atoms with Gasteiger partial charge in [-0.1, -0.05) is 18.5 Å². The van der Waals surface area contributed by atoms with Crippen LogP contribution in [0.5, 0.6) is 0 Å². The summed E-state index contributed by atoms with van der Waals surface area (Å²) in [7, 11) is 0. The third-order valence-corrected chi connectivity index (χ3v) is 7.21. The van der Waals surface area contributed by atoms with Crippen molar-refractivity contribution in [2.24, 2.45) is 5.92 Å². The molecule has 0 spiro atoms. The van der Waals surface area contributed by atoms with Gasteiger partial charge in [0.1, 0.15) is 29.2 Å². The third kappa shape index (κ3) is 4.14. The molecule has 3 N–H and O–H groups in total. The molecule has 0 aliphatic carbocycles. The van der Waals surface area contributed by atoms with Crippen molar-refractivity contribution in [1.82, 2.24) is 19.5 Å². The van der Waals surface area contributed by atoms with E-state index in [1.54, 1.807) is 19.9 Å². The normalized spacial score (nSPS) is 28.3. The summed E-state index contributed by atoms with van der Waals surface area (Å²) >= 11 is 6.46. The molecule has 36 heavy (non-hydrogen) atoms. The number of aromatic nitrogens is 4. The van der Waals surface area contributed by atoms with Crippen molar-refractivity contribution in [2.45, 2.75) is 83.8 Å². The number of hydrogen-bond donors (Lipinski definition) is 3. The molecule has 1 aromatic carbocycles. The average molecular weight is 520 g/mol. The van der Waals surface area contributed by atoms with Crippen molar-refractivity contribution in [1.29, 1.82) is 0 Å². The Balaban J connectivity index is 1.55. The Morgan fingerprint density at radius 2 is 1.92 bits per heavy atom. The number of aliphatic hydroxyl groups is 2. The molecule has 6 atom stereocenters. The number of fused-ring (bicyclic) bond motifs is 3. The maximum absolute atomic E-state index is 15.3. The zero-order valence-electron chi connectivity index (χ0n) is 21.0. The minimum Gasteiger partial charge on any atom is -0.388 e. The summed E-state index contributed by atoms with van der Waals surface area (Å²) in [6, 6.07) is 2.60. The summed E-state index contributed by atoms with van der Waals surface area (Å²) in [5, 5.41) is 25.0. The number of imidazole rings is 1. The Bertz CT molecular complexity index is 1310. The van der Waals surface area contributed by atoms with Crippen LogP contribution in [0.15, 0.2) is 18.3 Å². The molecule has 1 unspecified atom stereocenters. The van der Waals surface area contributed by atoms with Crippen LogP contribution in [0.1, 0.15) is 53.4 Å². The second kappa shape index (κ2) is 8.88. The molecule has 2 aliphatic heterocycles. The van der Waals surface area contributed by atoms with Gasteiger partial charge in [-0.05, 0) is 46.8 Å². The first-order chi connectivity index (χ1) is 16.9.